The van der Waals surface area contributed by atoms with Crippen LogP contribution in [0.15, 0.2) is 83.9 Å². The number of aromatic nitrogens is 3. The van der Waals surface area contributed by atoms with Gasteiger partial charge in [-0.2, -0.15) is 0 Å². The molecule has 0 atom stereocenters. The molecule has 0 aliphatic rings. The van der Waals surface area contributed by atoms with Crippen molar-refractivity contribution in [2.75, 3.05) is 6.61 Å². The van der Waals surface area contributed by atoms with E-state index in [4.69, 9.17) is 4.74 Å². The van der Waals surface area contributed by atoms with Crippen LogP contribution in [0.5, 0.6) is 5.75 Å². The van der Waals surface area contributed by atoms with E-state index in [-0.39, 0.29) is 23.9 Å². The fraction of sp³-hybridized carbons (Fsp3) is 0.219. The third-order valence-electron chi connectivity index (χ3n) is 6.74. The van der Waals surface area contributed by atoms with Crippen LogP contribution >= 0.6 is 0 Å². The molecule has 0 spiro atoms. The van der Waals surface area contributed by atoms with Crippen molar-refractivity contribution in [1.82, 2.24) is 19.7 Å². The fourth-order valence-electron chi connectivity index (χ4n) is 4.89. The van der Waals surface area contributed by atoms with Gasteiger partial charge in [-0.15, -0.1) is 0 Å². The summed E-state index contributed by atoms with van der Waals surface area (Å²) in [6.07, 6.45) is 1.69. The molecule has 5 aromatic rings. The number of benzene rings is 2. The predicted octanol–water partition coefficient (Wildman–Crippen LogP) is 6.12. The third kappa shape index (κ3) is 5.21. The van der Waals surface area contributed by atoms with Crippen molar-refractivity contribution in [3.05, 3.63) is 112 Å². The van der Waals surface area contributed by atoms with E-state index in [1.807, 2.05) is 47.7 Å². The number of aromatic amines is 1. The number of nitrogens with zero attached hydrogens (tertiary/aromatic N) is 2. The van der Waals surface area contributed by atoms with Crippen LogP contribution in [0.2, 0.25) is 0 Å². The first-order chi connectivity index (χ1) is 18.9. The molecule has 0 saturated heterocycles. The summed E-state index contributed by atoms with van der Waals surface area (Å²) in [7, 11) is 0. The normalized spacial score (nSPS) is 11.2. The average Bonchev–Trinajstić information content (AvgIpc) is 3.37. The van der Waals surface area contributed by atoms with E-state index in [9.17, 15) is 9.59 Å². The number of ether oxygens (including phenoxy) is 1. The van der Waals surface area contributed by atoms with E-state index in [1.54, 1.807) is 19.3 Å². The van der Waals surface area contributed by atoms with Gasteiger partial charge in [0, 0.05) is 5.69 Å². The lowest BCUT2D eigenvalue weighted by molar-refractivity contribution is 0.0944. The van der Waals surface area contributed by atoms with E-state index in [0.29, 0.717) is 29.3 Å². The van der Waals surface area contributed by atoms with Gasteiger partial charge in [0.2, 0.25) is 0 Å². The van der Waals surface area contributed by atoms with Crippen molar-refractivity contribution in [1.29, 1.82) is 0 Å². The molecule has 0 aliphatic carbocycles. The highest BCUT2D eigenvalue weighted by Crippen LogP contribution is 2.34. The summed E-state index contributed by atoms with van der Waals surface area (Å²) in [5.74, 6) is 0.332. The van der Waals surface area contributed by atoms with Crippen LogP contribution in [0.4, 0.5) is 0 Å². The van der Waals surface area contributed by atoms with Gasteiger partial charge in [-0.1, -0.05) is 68.4 Å². The lowest BCUT2D eigenvalue weighted by Crippen LogP contribution is -2.29. The molecule has 0 unspecified atom stereocenters. The predicted molar refractivity (Wildman–Crippen MR) is 154 cm³/mol. The van der Waals surface area contributed by atoms with E-state index in [0.717, 1.165) is 33.5 Å². The summed E-state index contributed by atoms with van der Waals surface area (Å²) in [5.41, 5.74) is 7.13. The monoisotopic (exact) mass is 520 g/mol. The number of imidazole rings is 1. The number of carbonyl (C=O) groups is 1. The van der Waals surface area contributed by atoms with Crippen molar-refractivity contribution in [3.63, 3.8) is 0 Å². The lowest BCUT2D eigenvalue weighted by Gasteiger charge is -2.15. The van der Waals surface area contributed by atoms with Gasteiger partial charge in [0.05, 0.1) is 29.9 Å². The van der Waals surface area contributed by atoms with Gasteiger partial charge in [0.15, 0.2) is 0 Å². The van der Waals surface area contributed by atoms with Gasteiger partial charge in [-0.25, -0.2) is 4.98 Å². The zero-order chi connectivity index (χ0) is 27.5. The molecule has 3 heterocycles. The number of H-pyrrole nitrogens is 1. The molecule has 198 valence electrons. The Morgan fingerprint density at radius 3 is 2.38 bits per heavy atom. The summed E-state index contributed by atoms with van der Waals surface area (Å²) >= 11 is 0. The smallest absolute Gasteiger partial charge is 0.268 e. The molecule has 0 fully saturated rings. The number of pyridine rings is 2. The van der Waals surface area contributed by atoms with Gasteiger partial charge < -0.3 is 15.0 Å². The van der Waals surface area contributed by atoms with Crippen molar-refractivity contribution in [3.8, 4) is 28.0 Å². The zero-order valence-corrected chi connectivity index (χ0v) is 22.6. The molecular weight excluding hydrogens is 488 g/mol. The van der Waals surface area contributed by atoms with Gasteiger partial charge in [0.25, 0.3) is 11.5 Å². The molecule has 2 aromatic carbocycles. The molecule has 0 aliphatic heterocycles. The topological polar surface area (TPSA) is 88.5 Å². The first-order valence-corrected chi connectivity index (χ1v) is 13.2. The largest absolute Gasteiger partial charge is 0.493 e. The summed E-state index contributed by atoms with van der Waals surface area (Å²) in [5, 5.41) is 2.94. The van der Waals surface area contributed by atoms with Crippen LogP contribution in [-0.4, -0.2) is 26.9 Å². The number of nitrogens with one attached hydrogen (secondary N) is 2. The minimum Gasteiger partial charge on any atom is -0.493 e. The molecule has 3 aromatic heterocycles. The number of aryl methyl sites for hydroxylation is 1. The number of rotatable bonds is 8. The Hall–Kier alpha value is -4.65. The van der Waals surface area contributed by atoms with Crippen LogP contribution in [-0.2, 0) is 6.54 Å². The van der Waals surface area contributed by atoms with Gasteiger partial charge in [-0.3, -0.25) is 14.0 Å². The summed E-state index contributed by atoms with van der Waals surface area (Å²) in [6, 6.07) is 24.1. The zero-order valence-electron chi connectivity index (χ0n) is 22.6. The maximum Gasteiger partial charge on any atom is 0.268 e. The second-order valence-electron chi connectivity index (χ2n) is 9.82. The molecule has 5 rings (SSSR count). The molecule has 0 radical (unpaired) electrons. The van der Waals surface area contributed by atoms with E-state index in [2.05, 4.69) is 59.5 Å². The summed E-state index contributed by atoms with van der Waals surface area (Å²) < 4.78 is 7.50. The Balaban J connectivity index is 1.60. The van der Waals surface area contributed by atoms with Crippen LogP contribution in [0.1, 0.15) is 54.1 Å². The highest BCUT2D eigenvalue weighted by Gasteiger charge is 2.20. The Kier molecular flexibility index (Phi) is 7.32. The van der Waals surface area contributed by atoms with Crippen LogP contribution in [0.25, 0.3) is 27.8 Å². The van der Waals surface area contributed by atoms with Crippen LogP contribution in [0, 0.1) is 6.92 Å². The van der Waals surface area contributed by atoms with Gasteiger partial charge in [0.1, 0.15) is 17.8 Å². The Labute approximate surface area is 227 Å². The first kappa shape index (κ1) is 26.0. The van der Waals surface area contributed by atoms with Crippen molar-refractivity contribution in [2.24, 2.45) is 0 Å². The molecule has 2 N–H and O–H groups in total. The van der Waals surface area contributed by atoms with E-state index in [1.165, 1.54) is 0 Å². The Morgan fingerprint density at radius 2 is 1.69 bits per heavy atom. The van der Waals surface area contributed by atoms with Gasteiger partial charge in [-0.05, 0) is 60.2 Å². The SMILES string of the molecule is CCOc1cc(C)[nH]c(=O)c1CNC(=O)c1cc(-c2ccccc2-c2ccccc2)cc2c(C(C)C)ncn12. The first-order valence-electron chi connectivity index (χ1n) is 13.2. The summed E-state index contributed by atoms with van der Waals surface area (Å²) in [6.45, 7) is 8.28. The van der Waals surface area contributed by atoms with Crippen LogP contribution in [0.3, 0.4) is 0 Å². The second-order valence-corrected chi connectivity index (χ2v) is 9.82. The number of fused-ring (bicyclic) bond motifs is 1. The number of amides is 1. The standard InChI is InChI=1S/C32H32N4O3/c1-5-39-29-15-21(4)35-31(37)26(29)18-33-32(38)28-17-23(16-27-30(20(2)3)34-19-36(27)28)25-14-10-9-13-24(25)22-11-7-6-8-12-22/h6-17,19-20H,5,18H2,1-4H3,(H,33,38)(H,35,37). The number of carbonyl (C=O) groups excluding carboxylic acids is 1. The molecule has 0 bridgehead atoms. The summed E-state index contributed by atoms with van der Waals surface area (Å²) in [4.78, 5) is 33.8. The minimum atomic E-state index is -0.311. The van der Waals surface area contributed by atoms with Crippen molar-refractivity contribution >= 4 is 11.4 Å². The fourth-order valence-corrected chi connectivity index (χ4v) is 4.89. The Morgan fingerprint density at radius 1 is 1.00 bits per heavy atom. The van der Waals surface area contributed by atoms with E-state index >= 15 is 0 Å². The van der Waals surface area contributed by atoms with Crippen molar-refractivity contribution in [2.45, 2.75) is 40.2 Å². The highest BCUT2D eigenvalue weighted by atomic mass is 16.5. The maximum atomic E-state index is 13.7. The quantitative estimate of drug-likeness (QED) is 0.258. The minimum absolute atomic E-state index is 0.0296. The second kappa shape index (κ2) is 11.0. The molecule has 7 heteroatoms. The van der Waals surface area contributed by atoms with E-state index < -0.39 is 0 Å². The molecular formula is C32H32N4O3. The van der Waals surface area contributed by atoms with Crippen molar-refractivity contribution < 1.29 is 9.53 Å². The Bertz CT molecular complexity index is 1700. The molecule has 0 saturated carbocycles. The third-order valence-corrected chi connectivity index (χ3v) is 6.74. The van der Waals surface area contributed by atoms with Gasteiger partial charge >= 0.3 is 0 Å². The number of hydrogen-bond donors (Lipinski definition) is 2. The molecule has 39 heavy (non-hydrogen) atoms. The van der Waals surface area contributed by atoms with Crippen LogP contribution < -0.4 is 15.6 Å². The highest BCUT2D eigenvalue weighted by molar-refractivity contribution is 5.96. The molecule has 7 nitrogen and oxygen atoms in total. The average molecular weight is 521 g/mol. The number of hydrogen-bond acceptors (Lipinski definition) is 4. The lowest BCUT2D eigenvalue weighted by atomic mass is 9.94. The maximum absolute atomic E-state index is 13.7. The molecule has 1 amide bonds.